The normalized spacial score (nSPS) is 12.1. The van der Waals surface area contributed by atoms with E-state index >= 15 is 0 Å². The molecule has 1 heterocycles. The predicted molar refractivity (Wildman–Crippen MR) is 135 cm³/mol. The van der Waals surface area contributed by atoms with Crippen molar-refractivity contribution in [2.45, 2.75) is 31.7 Å². The molecule has 0 saturated carbocycles. The Morgan fingerprint density at radius 1 is 0.949 bits per heavy atom. The number of carboxylic acid groups (broad SMARTS) is 1. The third-order valence-electron chi connectivity index (χ3n) is 5.75. The first-order valence-corrected chi connectivity index (χ1v) is 12.5. The lowest BCUT2D eigenvalue weighted by atomic mass is 10.0. The van der Waals surface area contributed by atoms with E-state index in [1.165, 1.54) is 11.3 Å². The summed E-state index contributed by atoms with van der Waals surface area (Å²) in [6, 6.07) is 15.4. The lowest BCUT2D eigenvalue weighted by Crippen LogP contribution is -2.27. The van der Waals surface area contributed by atoms with Crippen LogP contribution in [0.2, 0.25) is 0 Å². The van der Waals surface area contributed by atoms with Crippen molar-refractivity contribution in [2.75, 3.05) is 18.1 Å². The van der Waals surface area contributed by atoms with E-state index in [1.807, 2.05) is 6.07 Å². The fourth-order valence-corrected chi connectivity index (χ4v) is 4.95. The molecule has 0 bridgehead atoms. The van der Waals surface area contributed by atoms with Crippen LogP contribution in [-0.4, -0.2) is 29.2 Å². The van der Waals surface area contributed by atoms with E-state index in [-0.39, 0.29) is 37.7 Å². The van der Waals surface area contributed by atoms with E-state index in [0.717, 1.165) is 10.8 Å². The second-order valence-electron chi connectivity index (χ2n) is 8.67. The number of hydrogen-bond acceptors (Lipinski definition) is 5. The van der Waals surface area contributed by atoms with Gasteiger partial charge in [0.25, 0.3) is 0 Å². The second kappa shape index (κ2) is 11.5. The summed E-state index contributed by atoms with van der Waals surface area (Å²) in [6.45, 7) is 0.0465. The Hall–Kier alpha value is -3.80. The Morgan fingerprint density at radius 3 is 2.41 bits per heavy atom. The lowest BCUT2D eigenvalue weighted by molar-refractivity contribution is -0.143. The molecule has 4 aromatic rings. The quantitative estimate of drug-likeness (QED) is 0.159. The highest BCUT2D eigenvalue weighted by atomic mass is 32.1. The molecular formula is C27H22F6N2O3S. The van der Waals surface area contributed by atoms with Gasteiger partial charge >= 0.3 is 18.3 Å². The van der Waals surface area contributed by atoms with Gasteiger partial charge in [-0.05, 0) is 53.9 Å². The summed E-state index contributed by atoms with van der Waals surface area (Å²) in [5.41, 5.74) is -1.83. The van der Waals surface area contributed by atoms with Crippen LogP contribution < -0.4 is 9.64 Å². The number of aromatic nitrogens is 1. The molecule has 0 aliphatic heterocycles. The van der Waals surface area contributed by atoms with E-state index in [0.29, 0.717) is 34.4 Å². The molecule has 1 aromatic heterocycles. The number of carbonyl (C=O) groups is 1. The van der Waals surface area contributed by atoms with Crippen LogP contribution in [0.15, 0.2) is 66.7 Å². The number of hydrogen-bond donors (Lipinski definition) is 1. The predicted octanol–water partition coefficient (Wildman–Crippen LogP) is 7.44. The Morgan fingerprint density at radius 2 is 1.72 bits per heavy atom. The van der Waals surface area contributed by atoms with Gasteiger partial charge in [-0.15, -0.1) is 0 Å². The highest BCUT2D eigenvalue weighted by Crippen LogP contribution is 2.38. The number of nitrogens with zero attached hydrogens (tertiary/aromatic N) is 2. The van der Waals surface area contributed by atoms with Gasteiger partial charge in [0.05, 0.1) is 34.4 Å². The molecular weight excluding hydrogens is 546 g/mol. The minimum absolute atomic E-state index is 0.138. The lowest BCUT2D eigenvalue weighted by Gasteiger charge is -2.24. The summed E-state index contributed by atoms with van der Waals surface area (Å²) < 4.78 is 87.3. The van der Waals surface area contributed by atoms with Crippen molar-refractivity contribution >= 4 is 32.7 Å². The third-order valence-corrected chi connectivity index (χ3v) is 6.85. The third kappa shape index (κ3) is 7.41. The van der Waals surface area contributed by atoms with Crippen molar-refractivity contribution in [3.8, 4) is 5.75 Å². The first kappa shape index (κ1) is 28.2. The topological polar surface area (TPSA) is 62.7 Å². The molecule has 39 heavy (non-hydrogen) atoms. The molecule has 1 N–H and O–H groups in total. The molecule has 0 atom stereocenters. The summed E-state index contributed by atoms with van der Waals surface area (Å²) in [6.07, 6.45) is -9.72. The molecule has 0 radical (unpaired) electrons. The highest BCUT2D eigenvalue weighted by molar-refractivity contribution is 7.22. The minimum Gasteiger partial charge on any atom is -0.494 e. The van der Waals surface area contributed by atoms with Crippen LogP contribution in [0.3, 0.4) is 0 Å². The standard InChI is InChI=1S/C27H22F6N2O3S/c28-26(29,30)19-10-9-18(21(15-19)27(31,32)33)16-35(25-34-22-7-1-2-8-23(22)39-25)11-4-12-38-20-6-3-5-17(13-20)14-24(36)37/h1-3,5-10,13,15H,4,11-12,14,16H2,(H,36,37). The summed E-state index contributed by atoms with van der Waals surface area (Å²) in [4.78, 5) is 17.1. The monoisotopic (exact) mass is 568 g/mol. The maximum Gasteiger partial charge on any atom is 0.416 e. The van der Waals surface area contributed by atoms with Gasteiger partial charge in [0.1, 0.15) is 5.75 Å². The molecule has 0 amide bonds. The Balaban J connectivity index is 1.56. The Bertz CT molecular complexity index is 1420. The van der Waals surface area contributed by atoms with E-state index < -0.39 is 29.4 Å². The SMILES string of the molecule is O=C(O)Cc1cccc(OCCCN(Cc2ccc(C(F)(F)F)cc2C(F)(F)F)c2nc3ccccc3s2)c1. The van der Waals surface area contributed by atoms with Crippen LogP contribution in [-0.2, 0) is 30.1 Å². The fraction of sp³-hybridized carbons (Fsp3) is 0.259. The number of fused-ring (bicyclic) bond motifs is 1. The number of carboxylic acids is 1. The molecule has 0 aliphatic rings. The van der Waals surface area contributed by atoms with Crippen LogP contribution in [0.1, 0.15) is 28.7 Å². The number of benzene rings is 3. The number of aliphatic carboxylic acids is 1. The van der Waals surface area contributed by atoms with Gasteiger partial charge in [-0.2, -0.15) is 26.3 Å². The number of ether oxygens (including phenoxy) is 1. The van der Waals surface area contributed by atoms with Crippen LogP contribution in [0.5, 0.6) is 5.75 Å². The van der Waals surface area contributed by atoms with Gasteiger partial charge in [0, 0.05) is 13.1 Å². The summed E-state index contributed by atoms with van der Waals surface area (Å²) in [5.74, 6) is -0.539. The minimum atomic E-state index is -4.99. The van der Waals surface area contributed by atoms with Gasteiger partial charge in [-0.3, -0.25) is 4.79 Å². The van der Waals surface area contributed by atoms with Gasteiger partial charge in [-0.25, -0.2) is 4.98 Å². The van der Waals surface area contributed by atoms with Crippen molar-refractivity contribution in [1.29, 1.82) is 0 Å². The zero-order valence-electron chi connectivity index (χ0n) is 20.2. The number of rotatable bonds is 10. The molecule has 0 unspecified atom stereocenters. The van der Waals surface area contributed by atoms with E-state index in [9.17, 15) is 31.1 Å². The average molecular weight is 569 g/mol. The highest BCUT2D eigenvalue weighted by Gasteiger charge is 2.38. The van der Waals surface area contributed by atoms with Crippen molar-refractivity contribution in [2.24, 2.45) is 0 Å². The molecule has 5 nitrogen and oxygen atoms in total. The molecule has 12 heteroatoms. The zero-order chi connectivity index (χ0) is 28.2. The van der Waals surface area contributed by atoms with E-state index in [1.54, 1.807) is 47.4 Å². The second-order valence-corrected chi connectivity index (χ2v) is 9.68. The van der Waals surface area contributed by atoms with Gasteiger partial charge in [-0.1, -0.05) is 41.7 Å². The van der Waals surface area contributed by atoms with E-state index in [2.05, 4.69) is 4.98 Å². The number of anilines is 1. The first-order valence-electron chi connectivity index (χ1n) is 11.7. The molecule has 0 aliphatic carbocycles. The summed E-state index contributed by atoms with van der Waals surface area (Å²) in [7, 11) is 0. The molecule has 0 saturated heterocycles. The van der Waals surface area contributed by atoms with Gasteiger partial charge in [0.2, 0.25) is 0 Å². The Kier molecular flexibility index (Phi) is 8.34. The van der Waals surface area contributed by atoms with Crippen molar-refractivity contribution in [3.63, 3.8) is 0 Å². The first-order chi connectivity index (χ1) is 18.4. The summed E-state index contributed by atoms with van der Waals surface area (Å²) >= 11 is 1.26. The molecule has 3 aromatic carbocycles. The van der Waals surface area contributed by atoms with Gasteiger partial charge in [0.15, 0.2) is 5.13 Å². The van der Waals surface area contributed by atoms with Crippen LogP contribution in [0.25, 0.3) is 10.2 Å². The van der Waals surface area contributed by atoms with E-state index in [4.69, 9.17) is 9.84 Å². The maximum atomic E-state index is 13.8. The van der Waals surface area contributed by atoms with Crippen LogP contribution >= 0.6 is 11.3 Å². The maximum absolute atomic E-state index is 13.8. The summed E-state index contributed by atoms with van der Waals surface area (Å²) in [5, 5.41) is 9.39. The Labute approximate surface area is 223 Å². The fourth-order valence-electron chi connectivity index (χ4n) is 3.96. The number of thiazole rings is 1. The number of alkyl halides is 6. The van der Waals surface area contributed by atoms with Crippen molar-refractivity contribution < 1.29 is 41.0 Å². The molecule has 0 spiro atoms. The van der Waals surface area contributed by atoms with Gasteiger partial charge < -0.3 is 14.7 Å². The van der Waals surface area contributed by atoms with Crippen LogP contribution in [0, 0.1) is 0 Å². The van der Waals surface area contributed by atoms with Crippen molar-refractivity contribution in [3.05, 3.63) is 89.0 Å². The number of para-hydroxylation sites is 1. The molecule has 0 fully saturated rings. The largest absolute Gasteiger partial charge is 0.494 e. The number of halogens is 6. The average Bonchev–Trinajstić information content (AvgIpc) is 3.29. The molecule has 4 rings (SSSR count). The van der Waals surface area contributed by atoms with Crippen molar-refractivity contribution in [1.82, 2.24) is 4.98 Å². The smallest absolute Gasteiger partial charge is 0.416 e. The zero-order valence-corrected chi connectivity index (χ0v) is 21.0. The molecule has 206 valence electrons. The van der Waals surface area contributed by atoms with Crippen LogP contribution in [0.4, 0.5) is 31.5 Å².